The van der Waals surface area contributed by atoms with Gasteiger partial charge in [0.1, 0.15) is 16.6 Å². The van der Waals surface area contributed by atoms with E-state index in [1.54, 1.807) is 24.5 Å². The highest BCUT2D eigenvalue weighted by Crippen LogP contribution is 2.62. The Bertz CT molecular complexity index is 2420. The lowest BCUT2D eigenvalue weighted by molar-refractivity contribution is 0.0637. The van der Waals surface area contributed by atoms with E-state index < -0.39 is 11.3 Å². The molecule has 2 aliphatic carbocycles. The van der Waals surface area contributed by atoms with E-state index >= 15 is 0 Å². The Morgan fingerprint density at radius 3 is 2.76 bits per heavy atom. The number of nitrogens with one attached hydrogen (secondary N) is 2. The number of carbonyl (C=O) groups excluding carboxylic acids is 1. The van der Waals surface area contributed by atoms with E-state index in [0.717, 1.165) is 52.9 Å². The van der Waals surface area contributed by atoms with Crippen molar-refractivity contribution in [2.45, 2.75) is 50.1 Å². The van der Waals surface area contributed by atoms with Gasteiger partial charge in [-0.1, -0.05) is 23.7 Å². The molecule has 1 aromatic carbocycles. The first-order valence-electron chi connectivity index (χ1n) is 16.2. The summed E-state index contributed by atoms with van der Waals surface area (Å²) in [5, 5.41) is 11.4. The number of rotatable bonds is 7. The minimum Gasteiger partial charge on any atom is -0.388 e. The van der Waals surface area contributed by atoms with Crippen molar-refractivity contribution in [1.82, 2.24) is 35.0 Å². The molecule has 0 unspecified atom stereocenters. The number of halogens is 2. The summed E-state index contributed by atoms with van der Waals surface area (Å²) in [6, 6.07) is 10.1. The normalized spacial score (nSPS) is 21.6. The predicted octanol–water partition coefficient (Wildman–Crippen LogP) is 6.24. The summed E-state index contributed by atoms with van der Waals surface area (Å²) in [5.74, 6) is 0.0444. The second kappa shape index (κ2) is 10.5. The van der Waals surface area contributed by atoms with Crippen LogP contribution >= 0.6 is 22.9 Å². The smallest absolute Gasteiger partial charge is 0.388 e. The lowest BCUT2D eigenvalue weighted by Gasteiger charge is -2.37. The largest absolute Gasteiger partial charge is 0.434 e. The number of carbonyl (C=O) groups is 1. The first-order chi connectivity index (χ1) is 23.8. The van der Waals surface area contributed by atoms with Crippen molar-refractivity contribution in [3.63, 3.8) is 0 Å². The van der Waals surface area contributed by atoms with Crippen molar-refractivity contribution >= 4 is 44.9 Å². The molecule has 1 atom stereocenters. The molecule has 3 fully saturated rings. The molecule has 0 radical (unpaired) electrons. The summed E-state index contributed by atoms with van der Waals surface area (Å²) in [6.07, 6.45) is 7.79. The first kappa shape index (κ1) is 29.0. The number of aromatic nitrogens is 6. The van der Waals surface area contributed by atoms with Crippen LogP contribution in [-0.2, 0) is 24.8 Å². The number of aromatic amines is 1. The number of pyridine rings is 3. The van der Waals surface area contributed by atoms with Crippen LogP contribution in [0.1, 0.15) is 63.9 Å². The number of hydrogen-bond donors (Lipinski definition) is 2. The SMILES string of the molecule is O=C1c2c(nc(CCc3ccc(F)cc3)c(-c3n[nH]c(=O)o3)c2-c2nc3ccnc(N[C@@H]4CCc5cc(Cl)cnc54)c3s2)C23CC(CN12)C3. The third kappa shape index (κ3) is 4.34. The Labute approximate surface area is 286 Å². The van der Waals surface area contributed by atoms with Gasteiger partial charge in [-0.25, -0.2) is 24.3 Å². The molecule has 11 nitrogen and oxygen atoms in total. The molecule has 8 heterocycles. The van der Waals surface area contributed by atoms with Gasteiger partial charge in [-0.2, -0.15) is 0 Å². The Kier molecular flexibility index (Phi) is 6.20. The molecule has 2 N–H and O–H groups in total. The second-order valence-electron chi connectivity index (χ2n) is 13.3. The fourth-order valence-corrected chi connectivity index (χ4v) is 9.53. The van der Waals surface area contributed by atoms with E-state index in [1.165, 1.54) is 23.5 Å². The second-order valence-corrected chi connectivity index (χ2v) is 14.7. The van der Waals surface area contributed by atoms with Crippen LogP contribution in [0.5, 0.6) is 0 Å². The van der Waals surface area contributed by atoms with Crippen molar-refractivity contribution in [2.75, 3.05) is 11.9 Å². The zero-order chi connectivity index (χ0) is 33.0. The lowest BCUT2D eigenvalue weighted by Crippen LogP contribution is -2.40. The quantitative estimate of drug-likeness (QED) is 0.199. The molecule has 2 bridgehead atoms. The number of H-pyrrole nitrogens is 1. The van der Waals surface area contributed by atoms with Crippen LogP contribution in [0.2, 0.25) is 5.02 Å². The Morgan fingerprint density at radius 1 is 1.08 bits per heavy atom. The number of anilines is 1. The maximum absolute atomic E-state index is 14.3. The molecule has 5 aromatic heterocycles. The predicted molar refractivity (Wildman–Crippen MR) is 180 cm³/mol. The van der Waals surface area contributed by atoms with Crippen molar-refractivity contribution in [2.24, 2.45) is 5.92 Å². The van der Waals surface area contributed by atoms with Crippen LogP contribution in [0.25, 0.3) is 32.2 Å². The van der Waals surface area contributed by atoms with Crippen LogP contribution in [0.15, 0.2) is 58.0 Å². The molecule has 244 valence electrons. The van der Waals surface area contributed by atoms with E-state index in [-0.39, 0.29) is 23.7 Å². The van der Waals surface area contributed by atoms with E-state index in [1.807, 2.05) is 17.0 Å². The van der Waals surface area contributed by atoms with Crippen molar-refractivity contribution in [3.8, 4) is 22.0 Å². The van der Waals surface area contributed by atoms with Crippen LogP contribution in [0.4, 0.5) is 10.2 Å². The van der Waals surface area contributed by atoms with Gasteiger partial charge in [-0.15, -0.1) is 16.4 Å². The van der Waals surface area contributed by atoms with E-state index in [0.29, 0.717) is 69.1 Å². The van der Waals surface area contributed by atoms with E-state index in [4.69, 9.17) is 31.0 Å². The summed E-state index contributed by atoms with van der Waals surface area (Å²) in [5.41, 5.74) is 6.13. The highest BCUT2D eigenvalue weighted by Gasteiger charge is 2.65. The van der Waals surface area contributed by atoms with Crippen LogP contribution < -0.4 is 11.1 Å². The van der Waals surface area contributed by atoms with Crippen LogP contribution in [0, 0.1) is 11.7 Å². The zero-order valence-corrected chi connectivity index (χ0v) is 27.4. The number of fused-ring (bicyclic) bond motifs is 3. The molecule has 1 amide bonds. The molecule has 1 spiro atoms. The number of aryl methyl sites for hydroxylation is 3. The van der Waals surface area contributed by atoms with Crippen molar-refractivity contribution in [1.29, 1.82) is 0 Å². The maximum atomic E-state index is 14.3. The standard InChI is InChI=1S/C35H26ClFN8O3S/c36-19-11-18-4-8-22(27(18)39-14-19)41-30-28-23(9-10-38-30)42-32(49-28)25-24(31-43-44-34(47)48-31)21(7-3-16-1-5-20(37)6-2-16)40-29-26(25)33(46)45-15-17-12-35(29,45)13-17/h1-2,5-6,9-11,14,17,22H,3-4,7-8,12-13,15H2,(H,38,41)(H,44,47)/t17?,22-,35?/m1/s1. The topological polar surface area (TPSA) is 143 Å². The highest BCUT2D eigenvalue weighted by molar-refractivity contribution is 7.22. The molecule has 14 heteroatoms. The maximum Gasteiger partial charge on any atom is 0.434 e. The van der Waals surface area contributed by atoms with Gasteiger partial charge < -0.3 is 14.6 Å². The molecule has 49 heavy (non-hydrogen) atoms. The lowest BCUT2D eigenvalue weighted by atomic mass is 9.71. The number of nitrogens with zero attached hydrogens (tertiary/aromatic N) is 6. The van der Waals surface area contributed by atoms with Gasteiger partial charge in [-0.3, -0.25) is 14.8 Å². The van der Waals surface area contributed by atoms with Crippen LogP contribution in [0.3, 0.4) is 0 Å². The van der Waals surface area contributed by atoms with Gasteiger partial charge in [0.25, 0.3) is 11.8 Å². The molecular formula is C35H26ClFN8O3S. The molecule has 2 saturated heterocycles. The number of amides is 1. The monoisotopic (exact) mass is 692 g/mol. The van der Waals surface area contributed by atoms with Gasteiger partial charge in [-0.05, 0) is 79.8 Å². The Hall–Kier alpha value is -5.01. The van der Waals surface area contributed by atoms with E-state index in [2.05, 4.69) is 20.5 Å². The summed E-state index contributed by atoms with van der Waals surface area (Å²) < 4.78 is 20.1. The van der Waals surface area contributed by atoms with Gasteiger partial charge in [0, 0.05) is 24.5 Å². The number of thiazole rings is 1. The minimum atomic E-state index is -0.718. The molecule has 11 rings (SSSR count). The van der Waals surface area contributed by atoms with Crippen LogP contribution in [-0.4, -0.2) is 47.5 Å². The third-order valence-electron chi connectivity index (χ3n) is 10.4. The Morgan fingerprint density at radius 2 is 1.94 bits per heavy atom. The van der Waals surface area contributed by atoms with Gasteiger partial charge in [0.15, 0.2) is 0 Å². The Balaban J connectivity index is 1.15. The highest BCUT2D eigenvalue weighted by atomic mass is 35.5. The van der Waals surface area contributed by atoms with E-state index in [9.17, 15) is 14.0 Å². The van der Waals surface area contributed by atoms with Gasteiger partial charge in [0.05, 0.1) is 55.0 Å². The zero-order valence-electron chi connectivity index (χ0n) is 25.8. The fourth-order valence-electron chi connectivity index (χ4n) is 8.28. The van der Waals surface area contributed by atoms with Crippen molar-refractivity contribution < 1.29 is 13.6 Å². The first-order valence-corrected chi connectivity index (χ1v) is 17.4. The molecule has 1 saturated carbocycles. The minimum absolute atomic E-state index is 0.0382. The fraction of sp³-hybridized carbons (Fsp3) is 0.286. The number of hydrogen-bond acceptors (Lipinski definition) is 10. The molecular weight excluding hydrogens is 667 g/mol. The average Bonchev–Trinajstić information content (AvgIpc) is 3.93. The summed E-state index contributed by atoms with van der Waals surface area (Å²) in [6.45, 7) is 0.687. The molecule has 5 aliphatic rings. The molecule has 3 aliphatic heterocycles. The third-order valence-corrected chi connectivity index (χ3v) is 11.7. The summed E-state index contributed by atoms with van der Waals surface area (Å²) in [4.78, 5) is 48.3. The average molecular weight is 693 g/mol. The number of benzene rings is 1. The molecule has 6 aromatic rings. The van der Waals surface area contributed by atoms with Gasteiger partial charge in [0.2, 0.25) is 0 Å². The van der Waals surface area contributed by atoms with Gasteiger partial charge >= 0.3 is 5.76 Å². The summed E-state index contributed by atoms with van der Waals surface area (Å²) >= 11 is 7.63. The van der Waals surface area contributed by atoms with Crippen molar-refractivity contribution in [3.05, 3.63) is 104 Å². The summed E-state index contributed by atoms with van der Waals surface area (Å²) in [7, 11) is 0.